The van der Waals surface area contributed by atoms with Gasteiger partial charge in [0.25, 0.3) is 0 Å². The van der Waals surface area contributed by atoms with Crippen LogP contribution in [-0.2, 0) is 6.42 Å². The molecule has 0 saturated heterocycles. The first-order valence-corrected chi connectivity index (χ1v) is 6.02. The Morgan fingerprint density at radius 2 is 2.06 bits per heavy atom. The summed E-state index contributed by atoms with van der Waals surface area (Å²) in [6.07, 6.45) is 4.32. The second-order valence-electron chi connectivity index (χ2n) is 4.52. The van der Waals surface area contributed by atoms with Gasteiger partial charge in [-0.2, -0.15) is 0 Å². The lowest BCUT2D eigenvalue weighted by Crippen LogP contribution is -2.04. The molecule has 0 aliphatic heterocycles. The third kappa shape index (κ3) is 2.83. The minimum absolute atomic E-state index is 0.519. The summed E-state index contributed by atoms with van der Waals surface area (Å²) in [5.74, 6) is 1.90. The minimum Gasteiger partial charge on any atom is -0.493 e. The van der Waals surface area contributed by atoms with Crippen molar-refractivity contribution in [2.75, 3.05) is 7.11 Å². The number of nitrogens with zero attached hydrogens (tertiary/aromatic N) is 3. The van der Waals surface area contributed by atoms with Crippen LogP contribution >= 0.6 is 0 Å². The number of ether oxygens (including phenoxy) is 1. The number of rotatable bonds is 4. The van der Waals surface area contributed by atoms with E-state index in [4.69, 9.17) is 4.74 Å². The fourth-order valence-corrected chi connectivity index (χ4v) is 1.73. The summed E-state index contributed by atoms with van der Waals surface area (Å²) in [4.78, 5) is 13.1. The molecule has 94 valence electrons. The molecule has 2 aromatic rings. The standard InChI is InChI=1S/C14H17N3O/c1-10(2)8-12-13(18-3)9-16-14(17-12)11-6-4-5-7-15-11/h4-7,9-10H,8H2,1-3H3. The molecule has 0 atom stereocenters. The summed E-state index contributed by atoms with van der Waals surface area (Å²) < 4.78 is 5.29. The first kappa shape index (κ1) is 12.5. The van der Waals surface area contributed by atoms with Crippen molar-refractivity contribution in [2.45, 2.75) is 20.3 Å². The summed E-state index contributed by atoms with van der Waals surface area (Å²) in [6.45, 7) is 4.31. The Kier molecular flexibility index (Phi) is 3.87. The second kappa shape index (κ2) is 5.58. The molecule has 18 heavy (non-hydrogen) atoms. The molecule has 0 radical (unpaired) electrons. The Morgan fingerprint density at radius 3 is 2.67 bits per heavy atom. The molecular weight excluding hydrogens is 226 g/mol. The predicted molar refractivity (Wildman–Crippen MR) is 70.4 cm³/mol. The lowest BCUT2D eigenvalue weighted by Gasteiger charge is -2.10. The van der Waals surface area contributed by atoms with E-state index in [1.165, 1.54) is 0 Å². The Balaban J connectivity index is 2.39. The van der Waals surface area contributed by atoms with E-state index in [0.29, 0.717) is 11.7 Å². The summed E-state index contributed by atoms with van der Waals surface area (Å²) in [5, 5.41) is 0. The minimum atomic E-state index is 0.519. The van der Waals surface area contributed by atoms with E-state index in [2.05, 4.69) is 28.8 Å². The summed E-state index contributed by atoms with van der Waals surface area (Å²) in [5.41, 5.74) is 1.72. The van der Waals surface area contributed by atoms with Crippen LogP contribution in [0.1, 0.15) is 19.5 Å². The largest absolute Gasteiger partial charge is 0.493 e. The van der Waals surface area contributed by atoms with Gasteiger partial charge in [-0.1, -0.05) is 19.9 Å². The van der Waals surface area contributed by atoms with Gasteiger partial charge in [-0.15, -0.1) is 0 Å². The molecule has 0 saturated carbocycles. The molecule has 0 aliphatic rings. The monoisotopic (exact) mass is 243 g/mol. The van der Waals surface area contributed by atoms with E-state index in [0.717, 1.165) is 23.6 Å². The van der Waals surface area contributed by atoms with Crippen molar-refractivity contribution in [1.29, 1.82) is 0 Å². The normalized spacial score (nSPS) is 10.7. The van der Waals surface area contributed by atoms with Crippen LogP contribution in [-0.4, -0.2) is 22.1 Å². The van der Waals surface area contributed by atoms with E-state index in [-0.39, 0.29) is 0 Å². The molecule has 0 unspecified atom stereocenters. The first-order valence-electron chi connectivity index (χ1n) is 6.02. The molecule has 0 fully saturated rings. The van der Waals surface area contributed by atoms with E-state index in [1.54, 1.807) is 19.5 Å². The van der Waals surface area contributed by atoms with Crippen LogP contribution in [0.3, 0.4) is 0 Å². The van der Waals surface area contributed by atoms with Gasteiger partial charge in [0.2, 0.25) is 0 Å². The third-order valence-corrected chi connectivity index (χ3v) is 2.54. The average molecular weight is 243 g/mol. The van der Waals surface area contributed by atoms with Gasteiger partial charge < -0.3 is 4.74 Å². The smallest absolute Gasteiger partial charge is 0.178 e. The highest BCUT2D eigenvalue weighted by atomic mass is 16.5. The number of pyridine rings is 1. The van der Waals surface area contributed by atoms with Gasteiger partial charge in [-0.25, -0.2) is 9.97 Å². The zero-order chi connectivity index (χ0) is 13.0. The highest BCUT2D eigenvalue weighted by molar-refractivity contribution is 5.49. The molecule has 0 spiro atoms. The fourth-order valence-electron chi connectivity index (χ4n) is 1.73. The lowest BCUT2D eigenvalue weighted by atomic mass is 10.1. The van der Waals surface area contributed by atoms with Crippen molar-refractivity contribution in [2.24, 2.45) is 5.92 Å². The van der Waals surface area contributed by atoms with Crippen LogP contribution in [0.5, 0.6) is 5.75 Å². The predicted octanol–water partition coefficient (Wildman–Crippen LogP) is 2.75. The molecule has 0 N–H and O–H groups in total. The molecule has 0 bridgehead atoms. The summed E-state index contributed by atoms with van der Waals surface area (Å²) in [6, 6.07) is 5.71. The van der Waals surface area contributed by atoms with Gasteiger partial charge in [0.05, 0.1) is 19.0 Å². The Hall–Kier alpha value is -1.97. The molecule has 4 heteroatoms. The highest BCUT2D eigenvalue weighted by Gasteiger charge is 2.11. The van der Waals surface area contributed by atoms with Crippen molar-refractivity contribution in [3.05, 3.63) is 36.3 Å². The zero-order valence-corrected chi connectivity index (χ0v) is 10.9. The van der Waals surface area contributed by atoms with Crippen LogP contribution in [0.15, 0.2) is 30.6 Å². The quantitative estimate of drug-likeness (QED) is 0.828. The highest BCUT2D eigenvalue weighted by Crippen LogP contribution is 2.21. The van der Waals surface area contributed by atoms with Crippen molar-refractivity contribution in [3.8, 4) is 17.3 Å². The second-order valence-corrected chi connectivity index (χ2v) is 4.52. The van der Waals surface area contributed by atoms with Gasteiger partial charge in [0.15, 0.2) is 11.6 Å². The maximum Gasteiger partial charge on any atom is 0.178 e. The Morgan fingerprint density at radius 1 is 1.22 bits per heavy atom. The maximum atomic E-state index is 5.29. The third-order valence-electron chi connectivity index (χ3n) is 2.54. The topological polar surface area (TPSA) is 47.9 Å². The molecule has 2 aromatic heterocycles. The van der Waals surface area contributed by atoms with Gasteiger partial charge in [-0.05, 0) is 24.5 Å². The van der Waals surface area contributed by atoms with E-state index >= 15 is 0 Å². The molecule has 4 nitrogen and oxygen atoms in total. The molecular formula is C14H17N3O. The van der Waals surface area contributed by atoms with Crippen molar-refractivity contribution < 1.29 is 4.74 Å². The van der Waals surface area contributed by atoms with Gasteiger partial charge in [-0.3, -0.25) is 4.98 Å². The van der Waals surface area contributed by atoms with E-state index < -0.39 is 0 Å². The number of hydrogen-bond donors (Lipinski definition) is 0. The number of methoxy groups -OCH3 is 1. The molecule has 0 aliphatic carbocycles. The van der Waals surface area contributed by atoms with E-state index in [1.807, 2.05) is 18.2 Å². The Bertz CT molecular complexity index is 512. The van der Waals surface area contributed by atoms with Crippen LogP contribution in [0.4, 0.5) is 0 Å². The average Bonchev–Trinajstić information content (AvgIpc) is 2.39. The maximum absolute atomic E-state index is 5.29. The van der Waals surface area contributed by atoms with E-state index in [9.17, 15) is 0 Å². The zero-order valence-electron chi connectivity index (χ0n) is 10.9. The van der Waals surface area contributed by atoms with Crippen LogP contribution < -0.4 is 4.74 Å². The Labute approximate surface area is 107 Å². The van der Waals surface area contributed by atoms with Crippen molar-refractivity contribution in [1.82, 2.24) is 15.0 Å². The van der Waals surface area contributed by atoms with Crippen LogP contribution in [0, 0.1) is 5.92 Å². The van der Waals surface area contributed by atoms with Gasteiger partial charge in [0.1, 0.15) is 5.69 Å². The van der Waals surface area contributed by atoms with Crippen molar-refractivity contribution in [3.63, 3.8) is 0 Å². The van der Waals surface area contributed by atoms with Gasteiger partial charge in [0, 0.05) is 6.20 Å². The molecule has 0 aromatic carbocycles. The lowest BCUT2D eigenvalue weighted by molar-refractivity contribution is 0.401. The van der Waals surface area contributed by atoms with Gasteiger partial charge >= 0.3 is 0 Å². The number of hydrogen-bond acceptors (Lipinski definition) is 4. The summed E-state index contributed by atoms with van der Waals surface area (Å²) >= 11 is 0. The van der Waals surface area contributed by atoms with Crippen molar-refractivity contribution >= 4 is 0 Å². The SMILES string of the molecule is COc1cnc(-c2ccccn2)nc1CC(C)C. The summed E-state index contributed by atoms with van der Waals surface area (Å²) in [7, 11) is 1.64. The number of aromatic nitrogens is 3. The van der Waals surface area contributed by atoms with Crippen LogP contribution in [0.25, 0.3) is 11.5 Å². The fraction of sp³-hybridized carbons (Fsp3) is 0.357. The molecule has 0 amide bonds. The van der Waals surface area contributed by atoms with Crippen LogP contribution in [0.2, 0.25) is 0 Å². The molecule has 2 rings (SSSR count). The first-order chi connectivity index (χ1) is 8.70. The molecule has 2 heterocycles.